The Kier molecular flexibility index (Phi) is 15.3. The molecule has 25 heavy (non-hydrogen) atoms. The SMILES string of the molecule is CCCCCCC1C=CCC(C(=O)O)C1.CCCCCCCC(=O)O. The molecule has 0 spiro atoms. The molecule has 0 amide bonds. The molecular formula is C21H38O4. The third kappa shape index (κ3) is 14.7. The fourth-order valence-corrected chi connectivity index (χ4v) is 3.10. The molecule has 0 saturated carbocycles. The fourth-order valence-electron chi connectivity index (χ4n) is 3.10. The number of hydrogen-bond donors (Lipinski definition) is 2. The van der Waals surface area contributed by atoms with E-state index in [4.69, 9.17) is 10.2 Å². The van der Waals surface area contributed by atoms with Crippen LogP contribution in [0, 0.1) is 11.8 Å². The molecule has 2 atom stereocenters. The Balaban J connectivity index is 0.000000504. The minimum absolute atomic E-state index is 0.133. The van der Waals surface area contributed by atoms with E-state index in [1.807, 2.05) is 6.08 Å². The maximum atomic E-state index is 10.8. The molecule has 1 aliphatic rings. The highest BCUT2D eigenvalue weighted by Gasteiger charge is 2.22. The molecule has 0 saturated heterocycles. The van der Waals surface area contributed by atoms with Crippen molar-refractivity contribution in [1.29, 1.82) is 0 Å². The highest BCUT2D eigenvalue weighted by Crippen LogP contribution is 2.27. The van der Waals surface area contributed by atoms with Gasteiger partial charge in [-0.25, -0.2) is 0 Å². The zero-order valence-electron chi connectivity index (χ0n) is 16.2. The van der Waals surface area contributed by atoms with Gasteiger partial charge in [-0.05, 0) is 31.6 Å². The molecule has 1 aliphatic carbocycles. The predicted molar refractivity (Wildman–Crippen MR) is 103 cm³/mol. The van der Waals surface area contributed by atoms with Gasteiger partial charge >= 0.3 is 11.9 Å². The molecule has 146 valence electrons. The zero-order valence-corrected chi connectivity index (χ0v) is 16.2. The molecule has 0 aromatic heterocycles. The Labute approximate surface area is 153 Å². The van der Waals surface area contributed by atoms with Crippen LogP contribution in [0.2, 0.25) is 0 Å². The molecular weight excluding hydrogens is 316 g/mol. The van der Waals surface area contributed by atoms with Crippen LogP contribution in [0.15, 0.2) is 12.2 Å². The standard InChI is InChI=1S/C13H22O2.C8H16O2/c1-2-3-4-5-7-11-8-6-9-12(10-11)13(14)15;1-2-3-4-5-6-7-8(9)10/h6,8,11-12H,2-5,7,9-10H2,1H3,(H,14,15);2-7H2,1H3,(H,9,10). The second-order valence-electron chi connectivity index (χ2n) is 7.10. The average molecular weight is 355 g/mol. The van der Waals surface area contributed by atoms with Crippen molar-refractivity contribution in [2.24, 2.45) is 11.8 Å². The molecule has 0 aromatic rings. The minimum atomic E-state index is -0.670. The zero-order chi connectivity index (χ0) is 18.9. The van der Waals surface area contributed by atoms with Crippen molar-refractivity contribution < 1.29 is 19.8 Å². The van der Waals surface area contributed by atoms with Gasteiger partial charge in [0, 0.05) is 6.42 Å². The van der Waals surface area contributed by atoms with Gasteiger partial charge in [-0.15, -0.1) is 0 Å². The fraction of sp³-hybridized carbons (Fsp3) is 0.810. The van der Waals surface area contributed by atoms with Crippen LogP contribution in [0.3, 0.4) is 0 Å². The molecule has 4 nitrogen and oxygen atoms in total. The van der Waals surface area contributed by atoms with Crippen LogP contribution in [0.5, 0.6) is 0 Å². The lowest BCUT2D eigenvalue weighted by Crippen LogP contribution is -2.19. The van der Waals surface area contributed by atoms with Gasteiger partial charge in [0.05, 0.1) is 5.92 Å². The topological polar surface area (TPSA) is 74.6 Å². The van der Waals surface area contributed by atoms with Gasteiger partial charge in [-0.3, -0.25) is 9.59 Å². The summed E-state index contributed by atoms with van der Waals surface area (Å²) in [5.74, 6) is -0.919. The van der Waals surface area contributed by atoms with Gasteiger partial charge in [0.15, 0.2) is 0 Å². The summed E-state index contributed by atoms with van der Waals surface area (Å²) in [6.07, 6.45) is 18.0. The van der Waals surface area contributed by atoms with E-state index >= 15 is 0 Å². The van der Waals surface area contributed by atoms with Crippen molar-refractivity contribution in [2.45, 2.75) is 97.3 Å². The van der Waals surface area contributed by atoms with E-state index in [2.05, 4.69) is 19.9 Å². The maximum Gasteiger partial charge on any atom is 0.306 e. The number of allylic oxidation sites excluding steroid dienone is 2. The van der Waals surface area contributed by atoms with Crippen LogP contribution in [0.4, 0.5) is 0 Å². The lowest BCUT2D eigenvalue weighted by molar-refractivity contribution is -0.142. The number of carboxylic acid groups (broad SMARTS) is 2. The first kappa shape index (κ1) is 23.7. The van der Waals surface area contributed by atoms with Gasteiger partial charge in [0.2, 0.25) is 0 Å². The number of hydrogen-bond acceptors (Lipinski definition) is 2. The molecule has 2 unspecified atom stereocenters. The van der Waals surface area contributed by atoms with E-state index in [1.54, 1.807) is 0 Å². The molecule has 1 rings (SSSR count). The van der Waals surface area contributed by atoms with E-state index in [1.165, 1.54) is 51.4 Å². The molecule has 0 radical (unpaired) electrons. The number of carboxylic acids is 2. The highest BCUT2D eigenvalue weighted by molar-refractivity contribution is 5.70. The van der Waals surface area contributed by atoms with Crippen LogP contribution in [0.25, 0.3) is 0 Å². The Morgan fingerprint density at radius 2 is 1.52 bits per heavy atom. The quantitative estimate of drug-likeness (QED) is 0.330. The summed E-state index contributed by atoms with van der Waals surface area (Å²) in [4.78, 5) is 20.9. The van der Waals surface area contributed by atoms with Crippen molar-refractivity contribution in [1.82, 2.24) is 0 Å². The predicted octanol–water partition coefficient (Wildman–Crippen LogP) is 6.06. The third-order valence-corrected chi connectivity index (χ3v) is 4.69. The lowest BCUT2D eigenvalue weighted by Gasteiger charge is -2.21. The maximum absolute atomic E-state index is 10.8. The second-order valence-corrected chi connectivity index (χ2v) is 7.10. The van der Waals surface area contributed by atoms with Gasteiger partial charge in [-0.1, -0.05) is 77.4 Å². The molecule has 2 N–H and O–H groups in total. The number of aliphatic carboxylic acids is 2. The Hall–Kier alpha value is -1.32. The largest absolute Gasteiger partial charge is 0.481 e. The average Bonchev–Trinajstić information content (AvgIpc) is 2.59. The first-order valence-corrected chi connectivity index (χ1v) is 10.1. The van der Waals surface area contributed by atoms with E-state index in [-0.39, 0.29) is 5.92 Å². The second kappa shape index (κ2) is 16.2. The third-order valence-electron chi connectivity index (χ3n) is 4.69. The van der Waals surface area contributed by atoms with Crippen molar-refractivity contribution in [3.8, 4) is 0 Å². The summed E-state index contributed by atoms with van der Waals surface area (Å²) in [5.41, 5.74) is 0. The van der Waals surface area contributed by atoms with E-state index in [0.29, 0.717) is 12.3 Å². The van der Waals surface area contributed by atoms with E-state index in [0.717, 1.165) is 25.7 Å². The van der Waals surface area contributed by atoms with Gasteiger partial charge in [0.1, 0.15) is 0 Å². The van der Waals surface area contributed by atoms with Crippen LogP contribution in [0.1, 0.15) is 97.3 Å². The minimum Gasteiger partial charge on any atom is -0.481 e. The summed E-state index contributed by atoms with van der Waals surface area (Å²) < 4.78 is 0. The first-order valence-electron chi connectivity index (χ1n) is 10.1. The van der Waals surface area contributed by atoms with Crippen molar-refractivity contribution in [2.75, 3.05) is 0 Å². The summed E-state index contributed by atoms with van der Waals surface area (Å²) >= 11 is 0. The van der Waals surface area contributed by atoms with Crippen LogP contribution < -0.4 is 0 Å². The Morgan fingerprint density at radius 3 is 2.08 bits per heavy atom. The summed E-state index contributed by atoms with van der Waals surface area (Å²) in [7, 11) is 0. The molecule has 0 fully saturated rings. The summed E-state index contributed by atoms with van der Waals surface area (Å²) in [6, 6.07) is 0. The first-order chi connectivity index (χ1) is 12.0. The van der Waals surface area contributed by atoms with Crippen LogP contribution >= 0.6 is 0 Å². The molecule has 4 heteroatoms. The normalized spacial score (nSPS) is 19.1. The van der Waals surface area contributed by atoms with Crippen molar-refractivity contribution in [3.63, 3.8) is 0 Å². The monoisotopic (exact) mass is 354 g/mol. The van der Waals surface area contributed by atoms with Gasteiger partial charge < -0.3 is 10.2 Å². The smallest absolute Gasteiger partial charge is 0.306 e. The highest BCUT2D eigenvalue weighted by atomic mass is 16.4. The Morgan fingerprint density at radius 1 is 0.920 bits per heavy atom. The van der Waals surface area contributed by atoms with E-state index < -0.39 is 11.9 Å². The number of rotatable bonds is 12. The van der Waals surface area contributed by atoms with Crippen molar-refractivity contribution in [3.05, 3.63) is 12.2 Å². The van der Waals surface area contributed by atoms with E-state index in [9.17, 15) is 9.59 Å². The van der Waals surface area contributed by atoms with Crippen molar-refractivity contribution >= 4 is 11.9 Å². The molecule has 0 aromatic carbocycles. The summed E-state index contributed by atoms with van der Waals surface area (Å²) in [6.45, 7) is 4.36. The molecule has 0 heterocycles. The van der Waals surface area contributed by atoms with Crippen LogP contribution in [-0.4, -0.2) is 22.2 Å². The summed E-state index contributed by atoms with van der Waals surface area (Å²) in [5, 5.41) is 17.2. The van der Waals surface area contributed by atoms with Crippen LogP contribution in [-0.2, 0) is 9.59 Å². The number of carbonyl (C=O) groups is 2. The van der Waals surface area contributed by atoms with Gasteiger partial charge in [0.25, 0.3) is 0 Å². The Bertz CT molecular complexity index is 376. The number of unbranched alkanes of at least 4 members (excludes halogenated alkanes) is 7. The van der Waals surface area contributed by atoms with Gasteiger partial charge in [-0.2, -0.15) is 0 Å². The molecule has 0 aliphatic heterocycles. The lowest BCUT2D eigenvalue weighted by atomic mass is 9.84. The molecule has 0 bridgehead atoms.